The molecule has 0 aromatic heterocycles. The van der Waals surface area contributed by atoms with E-state index in [-0.39, 0.29) is 37.8 Å². The Labute approximate surface area is 336 Å². The number of benzene rings is 2. The van der Waals surface area contributed by atoms with Crippen molar-refractivity contribution in [1.82, 2.24) is 5.32 Å². The molecule has 16 heteroatoms. The summed E-state index contributed by atoms with van der Waals surface area (Å²) in [5.41, 5.74) is -5.86. The molecule has 5 aliphatic rings. The van der Waals surface area contributed by atoms with Crippen LogP contribution in [0.1, 0.15) is 51.4 Å². The second-order valence-electron chi connectivity index (χ2n) is 15.8. The summed E-state index contributed by atoms with van der Waals surface area (Å²) in [7, 11) is 0. The van der Waals surface area contributed by atoms with Crippen LogP contribution < -0.4 is 10.6 Å². The summed E-state index contributed by atoms with van der Waals surface area (Å²) in [6, 6.07) is 14.2. The maximum Gasteiger partial charge on any atom is 0.305 e. The first-order valence-corrected chi connectivity index (χ1v) is 20.7. The number of carbonyl (C=O) groups excluding carboxylic acids is 4. The van der Waals surface area contributed by atoms with Gasteiger partial charge < -0.3 is 35.4 Å². The number of aliphatic carboxylic acids is 1. The number of alkyl halides is 2. The Morgan fingerprint density at radius 2 is 1.79 bits per heavy atom. The lowest BCUT2D eigenvalue weighted by molar-refractivity contribution is -0.235. The number of aliphatic hydroxyl groups is 2. The summed E-state index contributed by atoms with van der Waals surface area (Å²) in [6.07, 6.45) is -0.692. The summed E-state index contributed by atoms with van der Waals surface area (Å²) >= 11 is 2.48. The monoisotopic (exact) mass is 826 g/mol. The topological polar surface area (TPSA) is 189 Å². The third kappa shape index (κ3) is 6.75. The Hall–Kier alpha value is -3.93. The number of rotatable bonds is 12. The van der Waals surface area contributed by atoms with Crippen molar-refractivity contribution in [2.75, 3.05) is 24.7 Å². The summed E-state index contributed by atoms with van der Waals surface area (Å²) in [4.78, 5) is 63.5. The van der Waals surface area contributed by atoms with Crippen molar-refractivity contribution in [3.8, 4) is 0 Å². The molecule has 1 heterocycles. The molecule has 4 aliphatic carbocycles. The number of hydrogen-bond acceptors (Lipinski definition) is 11. The maximum atomic E-state index is 17.7. The van der Waals surface area contributed by atoms with Gasteiger partial charge in [-0.05, 0) is 86.4 Å². The van der Waals surface area contributed by atoms with Crippen molar-refractivity contribution in [2.24, 2.45) is 22.7 Å². The fraction of sp³-hybridized carbons (Fsp3) is 0.488. The molecule has 7 rings (SSSR count). The molecule has 2 aromatic rings. The van der Waals surface area contributed by atoms with Gasteiger partial charge in [0.2, 0.25) is 11.8 Å². The van der Waals surface area contributed by atoms with Crippen LogP contribution >= 0.6 is 23.5 Å². The van der Waals surface area contributed by atoms with Crippen LogP contribution in [0.3, 0.4) is 0 Å². The first-order chi connectivity index (χ1) is 27.0. The number of carbonyl (C=O) groups is 5. The molecule has 0 radical (unpaired) electrons. The van der Waals surface area contributed by atoms with Gasteiger partial charge in [0, 0.05) is 37.8 Å². The summed E-state index contributed by atoms with van der Waals surface area (Å²) < 4.78 is 46.6. The fourth-order valence-electron chi connectivity index (χ4n) is 10.1. The number of hydrogen-bond donors (Lipinski definition) is 5. The van der Waals surface area contributed by atoms with Gasteiger partial charge in [-0.25, -0.2) is 8.78 Å². The van der Waals surface area contributed by atoms with E-state index in [1.807, 2.05) is 18.2 Å². The number of carboxylic acids is 1. The molecular formula is C41H44F2N2O10S2. The number of ether oxygens (including phenoxy) is 2. The molecule has 0 bridgehead atoms. The summed E-state index contributed by atoms with van der Waals surface area (Å²) in [6.45, 7) is 2.03. The van der Waals surface area contributed by atoms with E-state index in [9.17, 15) is 34.2 Å². The number of allylic oxidation sites excluding steroid dienone is 4. The number of amides is 2. The molecule has 2 amide bonds. The van der Waals surface area contributed by atoms with Crippen molar-refractivity contribution in [1.29, 1.82) is 0 Å². The molecule has 2 aromatic carbocycles. The van der Waals surface area contributed by atoms with Gasteiger partial charge in [0.25, 0.3) is 0 Å². The van der Waals surface area contributed by atoms with Gasteiger partial charge in [-0.1, -0.05) is 43.0 Å². The van der Waals surface area contributed by atoms with E-state index >= 15 is 8.78 Å². The predicted octanol–water partition coefficient (Wildman–Crippen LogP) is 4.74. The highest BCUT2D eigenvalue weighted by Crippen LogP contribution is 2.72. The van der Waals surface area contributed by atoms with Crippen molar-refractivity contribution in [3.05, 3.63) is 77.9 Å². The smallest absolute Gasteiger partial charge is 0.305 e. The standard InChI is InChI=1S/C41H44F2N2O10S2/c1-38-12-11-23(47)14-28(38)29(42)15-27-26-16-33-41(32(49)20-46,39(26,2)18-31(48)40(27,38)43)55-37(54-33)21-7-9-24(10-8-21)57-25-6-4-5-22(13-25)45-34(50)19-44-36(53)30(56-3)17-35(51)52/h4-14,26-27,29-31,33,37,46,48H,15-20H2,1-3H3,(H,44,53)(H,45,50)(H,51,52)/t26-,27-,29-,30?,31-,33+,37+,38-,39-,40-,41+/m0/s1. The van der Waals surface area contributed by atoms with Crippen LogP contribution in [0.2, 0.25) is 0 Å². The molecule has 3 saturated carbocycles. The van der Waals surface area contributed by atoms with Crippen LogP contribution in [0.5, 0.6) is 0 Å². The molecular weight excluding hydrogens is 783 g/mol. The number of halogens is 2. The van der Waals surface area contributed by atoms with Gasteiger partial charge in [0.05, 0.1) is 30.4 Å². The van der Waals surface area contributed by atoms with Gasteiger partial charge in [0.1, 0.15) is 12.8 Å². The average molecular weight is 827 g/mol. The van der Waals surface area contributed by atoms with Gasteiger partial charge >= 0.3 is 5.97 Å². The minimum Gasteiger partial charge on any atom is -0.481 e. The second-order valence-corrected chi connectivity index (χ2v) is 18.0. The van der Waals surface area contributed by atoms with E-state index < -0.39 is 99.8 Å². The van der Waals surface area contributed by atoms with Gasteiger partial charge in [-0.15, -0.1) is 0 Å². The molecule has 304 valence electrons. The Balaban J connectivity index is 1.04. The molecule has 0 spiro atoms. The maximum absolute atomic E-state index is 17.7. The number of anilines is 1. The van der Waals surface area contributed by atoms with Crippen LogP contribution in [0.25, 0.3) is 0 Å². The number of Topliss-reactive ketones (excluding diaryl/α,β-unsaturated/α-hetero) is 1. The van der Waals surface area contributed by atoms with Gasteiger partial charge in [0.15, 0.2) is 29.1 Å². The number of carboxylic acid groups (broad SMARTS) is 1. The summed E-state index contributed by atoms with van der Waals surface area (Å²) in [5.74, 6) is -4.96. The summed E-state index contributed by atoms with van der Waals surface area (Å²) in [5, 5.41) is 35.4. The van der Waals surface area contributed by atoms with Gasteiger partial charge in [-0.3, -0.25) is 24.0 Å². The van der Waals surface area contributed by atoms with Crippen LogP contribution in [-0.2, 0) is 33.4 Å². The quantitative estimate of drug-likeness (QED) is 0.198. The van der Waals surface area contributed by atoms with Crippen LogP contribution in [-0.4, -0.2) is 99.0 Å². The highest BCUT2D eigenvalue weighted by Gasteiger charge is 2.80. The number of ketones is 2. The fourth-order valence-corrected chi connectivity index (χ4v) is 11.6. The zero-order valence-corrected chi connectivity index (χ0v) is 33.0. The van der Waals surface area contributed by atoms with Crippen molar-refractivity contribution >= 4 is 58.6 Å². The minimum atomic E-state index is -2.34. The molecule has 1 unspecified atom stereocenters. The number of aliphatic hydroxyl groups excluding tert-OH is 2. The second kappa shape index (κ2) is 15.3. The van der Waals surface area contributed by atoms with E-state index in [2.05, 4.69) is 10.6 Å². The predicted molar refractivity (Wildman–Crippen MR) is 206 cm³/mol. The number of thioether (sulfide) groups is 1. The Bertz CT molecular complexity index is 2050. The number of nitrogens with one attached hydrogen (secondary N) is 2. The Kier molecular flexibility index (Phi) is 11.1. The lowest BCUT2D eigenvalue weighted by Gasteiger charge is -2.63. The van der Waals surface area contributed by atoms with Crippen LogP contribution in [0.15, 0.2) is 82.1 Å². The molecule has 57 heavy (non-hydrogen) atoms. The van der Waals surface area contributed by atoms with E-state index in [1.54, 1.807) is 43.5 Å². The largest absolute Gasteiger partial charge is 0.481 e. The first kappa shape index (κ1) is 41.2. The van der Waals surface area contributed by atoms with Crippen LogP contribution in [0, 0.1) is 22.7 Å². The van der Waals surface area contributed by atoms with E-state index in [0.29, 0.717) is 11.3 Å². The lowest BCUT2D eigenvalue weighted by atomic mass is 9.44. The van der Waals surface area contributed by atoms with E-state index in [4.69, 9.17) is 14.6 Å². The molecule has 12 nitrogen and oxygen atoms in total. The zero-order chi connectivity index (χ0) is 41.1. The highest BCUT2D eigenvalue weighted by atomic mass is 32.2. The first-order valence-electron chi connectivity index (χ1n) is 18.6. The third-order valence-corrected chi connectivity index (χ3v) is 14.7. The van der Waals surface area contributed by atoms with E-state index in [1.165, 1.54) is 30.8 Å². The minimum absolute atomic E-state index is 0.00318. The van der Waals surface area contributed by atoms with Crippen molar-refractivity contribution in [2.45, 2.75) is 90.5 Å². The average Bonchev–Trinajstić information content (AvgIpc) is 3.68. The highest BCUT2D eigenvalue weighted by molar-refractivity contribution is 8.00. The Morgan fingerprint density at radius 1 is 1.05 bits per heavy atom. The normalized spacial score (nSPS) is 35.6. The van der Waals surface area contributed by atoms with E-state index in [0.717, 1.165) is 27.6 Å². The molecule has 1 saturated heterocycles. The van der Waals surface area contributed by atoms with Crippen LogP contribution in [0.4, 0.5) is 14.5 Å². The zero-order valence-electron chi connectivity index (χ0n) is 31.4. The SMILES string of the molecule is CSC(CC(=O)O)C(=O)NCC(=O)Nc1cccc(Sc2ccc([C@@H]3O[C@@H]4C[C@H]5[C@@H]6C[C@H](F)C7=CC(=O)C=C[C@]7(C)[C@@]6(F)[C@@H](O)C[C@]5(C)[C@]4(C(=O)CO)O3)cc2)c1. The molecule has 4 fully saturated rings. The van der Waals surface area contributed by atoms with Crippen molar-refractivity contribution < 1.29 is 57.5 Å². The lowest BCUT2D eigenvalue weighted by Crippen LogP contribution is -2.70. The molecule has 11 atom stereocenters. The molecule has 5 N–H and O–H groups in total. The number of fused-ring (bicyclic) bond motifs is 7. The van der Waals surface area contributed by atoms with Gasteiger partial charge in [-0.2, -0.15) is 11.8 Å². The molecule has 1 aliphatic heterocycles. The van der Waals surface area contributed by atoms with Crippen molar-refractivity contribution in [3.63, 3.8) is 0 Å². The Morgan fingerprint density at radius 3 is 2.47 bits per heavy atom. The third-order valence-electron chi connectivity index (χ3n) is 12.8.